The molecule has 0 atom stereocenters. The van der Waals surface area contributed by atoms with Crippen molar-refractivity contribution >= 4 is 34.7 Å². The molecular weight excluding hydrogens is 408 g/mol. The molecule has 5 rings (SSSR count). The van der Waals surface area contributed by atoms with Crippen LogP contribution in [-0.2, 0) is 13.6 Å². The van der Waals surface area contributed by atoms with E-state index in [0.29, 0.717) is 5.02 Å². The van der Waals surface area contributed by atoms with Crippen molar-refractivity contribution < 1.29 is 0 Å². The minimum atomic E-state index is 0.716. The smallest absolute Gasteiger partial charge is 0.0927 e. The van der Waals surface area contributed by atoms with E-state index in [2.05, 4.69) is 55.8 Å². The maximum atomic E-state index is 6.63. The first-order valence-corrected chi connectivity index (χ1v) is 10.9. The van der Waals surface area contributed by atoms with Crippen molar-refractivity contribution in [3.05, 3.63) is 70.6 Å². The van der Waals surface area contributed by atoms with Gasteiger partial charge in [-0.25, -0.2) is 0 Å². The summed E-state index contributed by atoms with van der Waals surface area (Å²) in [7, 11) is 1.91. The number of rotatable bonds is 5. The lowest BCUT2D eigenvalue weighted by atomic mass is 10.0. The Kier molecular flexibility index (Phi) is 5.59. The molecule has 0 unspecified atom stereocenters. The molecule has 4 aromatic rings. The lowest BCUT2D eigenvalue weighted by molar-refractivity contribution is 0.233. The monoisotopic (exact) mass is 432 g/mol. The highest BCUT2D eigenvalue weighted by Gasteiger charge is 2.12. The van der Waals surface area contributed by atoms with E-state index in [1.807, 2.05) is 37.7 Å². The van der Waals surface area contributed by atoms with Crippen LogP contribution in [0.15, 0.2) is 48.8 Å². The van der Waals surface area contributed by atoms with Crippen molar-refractivity contribution in [2.75, 3.05) is 26.2 Å². The van der Waals surface area contributed by atoms with Gasteiger partial charge in [-0.3, -0.25) is 14.7 Å². The van der Waals surface area contributed by atoms with Gasteiger partial charge < -0.3 is 5.32 Å². The first-order chi connectivity index (χ1) is 15.2. The Morgan fingerprint density at radius 3 is 2.65 bits per heavy atom. The van der Waals surface area contributed by atoms with Crippen LogP contribution in [0.5, 0.6) is 0 Å². The van der Waals surface area contributed by atoms with E-state index in [1.165, 1.54) is 5.56 Å². The lowest BCUT2D eigenvalue weighted by Gasteiger charge is -2.27. The minimum absolute atomic E-state index is 0.716. The summed E-state index contributed by atoms with van der Waals surface area (Å²) in [4.78, 5) is 2.48. The molecule has 0 radical (unpaired) electrons. The Balaban J connectivity index is 1.41. The largest absolute Gasteiger partial charge is 0.314 e. The van der Waals surface area contributed by atoms with Crippen molar-refractivity contribution in [2.45, 2.75) is 6.54 Å². The molecule has 0 bridgehead atoms. The Hall–Kier alpha value is -2.93. The number of H-pyrrole nitrogens is 1. The molecule has 1 saturated heterocycles. The van der Waals surface area contributed by atoms with E-state index >= 15 is 0 Å². The molecule has 2 aromatic heterocycles. The molecule has 31 heavy (non-hydrogen) atoms. The van der Waals surface area contributed by atoms with Gasteiger partial charge in [0.05, 0.1) is 22.4 Å². The van der Waals surface area contributed by atoms with Crippen LogP contribution in [0.4, 0.5) is 0 Å². The molecule has 2 aromatic carbocycles. The summed E-state index contributed by atoms with van der Waals surface area (Å²) in [6, 6.07) is 12.8. The topological polar surface area (TPSA) is 61.8 Å². The Bertz CT molecular complexity index is 1210. The third-order valence-electron chi connectivity index (χ3n) is 5.72. The van der Waals surface area contributed by atoms with Crippen molar-refractivity contribution in [3.8, 4) is 11.1 Å². The molecule has 3 heterocycles. The molecule has 1 fully saturated rings. The summed E-state index contributed by atoms with van der Waals surface area (Å²) in [5.41, 5.74) is 6.29. The van der Waals surface area contributed by atoms with Gasteiger partial charge >= 0.3 is 0 Å². The molecule has 1 aliphatic rings. The number of fused-ring (bicyclic) bond motifs is 1. The molecule has 0 spiro atoms. The van der Waals surface area contributed by atoms with E-state index in [4.69, 9.17) is 11.6 Å². The molecular formula is C24H25ClN6. The molecule has 6 nitrogen and oxygen atoms in total. The van der Waals surface area contributed by atoms with Crippen LogP contribution in [0.25, 0.3) is 34.2 Å². The molecule has 158 valence electrons. The van der Waals surface area contributed by atoms with Gasteiger partial charge in [0.15, 0.2) is 0 Å². The van der Waals surface area contributed by atoms with Crippen molar-refractivity contribution in [2.24, 2.45) is 7.05 Å². The summed E-state index contributed by atoms with van der Waals surface area (Å²) in [6.45, 7) is 5.31. The highest BCUT2D eigenvalue weighted by molar-refractivity contribution is 6.34. The third-order valence-corrected chi connectivity index (χ3v) is 6.03. The predicted octanol–water partition coefficient (Wildman–Crippen LogP) is 4.19. The number of aryl methyl sites for hydroxylation is 1. The number of hydrogen-bond acceptors (Lipinski definition) is 4. The SMILES string of the molecule is Cn1cc(/C=C/c2n[nH]c3cc(Cl)c(-c4ccc(CN5CCNCC5)cc4)cc23)cn1. The normalized spacial score (nSPS) is 15.3. The number of aromatic nitrogens is 4. The Labute approximate surface area is 186 Å². The molecule has 2 N–H and O–H groups in total. The number of aromatic amines is 1. The standard InChI is InChI=1S/C24H25ClN6/c1-30-15-18(14-27-30)4-7-23-21-12-20(22(25)13-24(21)29-28-23)19-5-2-17(3-6-19)16-31-10-8-26-9-11-31/h2-7,12-15,26H,8-11,16H2,1H3,(H,28,29)/b7-4+. The van der Waals surface area contributed by atoms with Crippen molar-refractivity contribution in [1.29, 1.82) is 0 Å². The first-order valence-electron chi connectivity index (χ1n) is 10.5. The number of hydrogen-bond donors (Lipinski definition) is 2. The fourth-order valence-corrected chi connectivity index (χ4v) is 4.30. The van der Waals surface area contributed by atoms with Gasteiger partial charge in [-0.15, -0.1) is 0 Å². The zero-order valence-electron chi connectivity index (χ0n) is 17.5. The average Bonchev–Trinajstić information content (AvgIpc) is 3.38. The maximum absolute atomic E-state index is 6.63. The number of piperazine rings is 1. The fraction of sp³-hybridized carbons (Fsp3) is 0.250. The molecule has 1 aliphatic heterocycles. The second kappa shape index (κ2) is 8.67. The number of halogens is 1. The van der Waals surface area contributed by atoms with E-state index in [9.17, 15) is 0 Å². The Morgan fingerprint density at radius 1 is 1.10 bits per heavy atom. The number of nitrogens with zero attached hydrogens (tertiary/aromatic N) is 4. The van der Waals surface area contributed by atoms with Gasteiger partial charge in [0.2, 0.25) is 0 Å². The third kappa shape index (κ3) is 4.42. The van der Waals surface area contributed by atoms with Crippen LogP contribution in [0.3, 0.4) is 0 Å². The summed E-state index contributed by atoms with van der Waals surface area (Å²) in [5.74, 6) is 0. The molecule has 0 aliphatic carbocycles. The van der Waals surface area contributed by atoms with Crippen molar-refractivity contribution in [3.63, 3.8) is 0 Å². The zero-order chi connectivity index (χ0) is 21.2. The van der Waals surface area contributed by atoms with Gasteiger partial charge in [0.1, 0.15) is 0 Å². The van der Waals surface area contributed by atoms with E-state index < -0.39 is 0 Å². The number of benzene rings is 2. The average molecular weight is 433 g/mol. The van der Waals surface area contributed by atoms with Gasteiger partial charge in [0, 0.05) is 62.5 Å². The zero-order valence-corrected chi connectivity index (χ0v) is 18.2. The molecule has 0 amide bonds. The van der Waals surface area contributed by atoms with E-state index in [1.54, 1.807) is 4.68 Å². The minimum Gasteiger partial charge on any atom is -0.314 e. The molecule has 7 heteroatoms. The van der Waals surface area contributed by atoms with Crippen LogP contribution < -0.4 is 5.32 Å². The quantitative estimate of drug-likeness (QED) is 0.496. The summed E-state index contributed by atoms with van der Waals surface area (Å²) < 4.78 is 1.78. The maximum Gasteiger partial charge on any atom is 0.0927 e. The lowest BCUT2D eigenvalue weighted by Crippen LogP contribution is -2.42. The number of nitrogens with one attached hydrogen (secondary N) is 2. The Morgan fingerprint density at radius 2 is 1.90 bits per heavy atom. The fourth-order valence-electron chi connectivity index (χ4n) is 4.03. The van der Waals surface area contributed by atoms with Gasteiger partial charge in [-0.2, -0.15) is 10.2 Å². The first kappa shape index (κ1) is 20.0. The summed E-state index contributed by atoms with van der Waals surface area (Å²) in [6.07, 6.45) is 7.82. The van der Waals surface area contributed by atoms with Crippen LogP contribution >= 0.6 is 11.6 Å². The van der Waals surface area contributed by atoms with E-state index in [-0.39, 0.29) is 0 Å². The molecule has 0 saturated carbocycles. The second-order valence-corrected chi connectivity index (χ2v) is 8.40. The highest BCUT2D eigenvalue weighted by atomic mass is 35.5. The van der Waals surface area contributed by atoms with E-state index in [0.717, 1.165) is 66.0 Å². The summed E-state index contributed by atoms with van der Waals surface area (Å²) >= 11 is 6.63. The summed E-state index contributed by atoms with van der Waals surface area (Å²) in [5, 5.41) is 16.9. The van der Waals surface area contributed by atoms with Gasteiger partial charge in [-0.1, -0.05) is 35.9 Å². The van der Waals surface area contributed by atoms with Crippen LogP contribution in [-0.4, -0.2) is 51.1 Å². The van der Waals surface area contributed by atoms with Crippen LogP contribution in [0.2, 0.25) is 5.02 Å². The van der Waals surface area contributed by atoms with Gasteiger partial charge in [-0.05, 0) is 35.4 Å². The predicted molar refractivity (Wildman–Crippen MR) is 127 cm³/mol. The van der Waals surface area contributed by atoms with Gasteiger partial charge in [0.25, 0.3) is 0 Å². The van der Waals surface area contributed by atoms with Crippen LogP contribution in [0, 0.1) is 0 Å². The highest BCUT2D eigenvalue weighted by Crippen LogP contribution is 2.33. The van der Waals surface area contributed by atoms with Crippen molar-refractivity contribution in [1.82, 2.24) is 30.2 Å². The second-order valence-electron chi connectivity index (χ2n) is 7.99. The van der Waals surface area contributed by atoms with Crippen LogP contribution in [0.1, 0.15) is 16.8 Å².